The molecule has 0 fully saturated rings. The minimum absolute atomic E-state index is 0.459. The Kier molecular flexibility index (Phi) is 9.72. The third-order valence-electron chi connectivity index (χ3n) is 4.20. The minimum atomic E-state index is 0.459. The maximum absolute atomic E-state index is 6.03. The van der Waals surface area contributed by atoms with E-state index < -0.39 is 0 Å². The molecule has 0 saturated carbocycles. The number of nitrogens with two attached hydrogens (primary N) is 1. The van der Waals surface area contributed by atoms with Crippen molar-refractivity contribution in [2.45, 2.75) is 53.0 Å². The summed E-state index contributed by atoms with van der Waals surface area (Å²) in [4.78, 5) is 2.48. The second kappa shape index (κ2) is 11.3. The van der Waals surface area contributed by atoms with Gasteiger partial charge in [-0.05, 0) is 77.0 Å². The molecule has 1 unspecified atom stereocenters. The van der Waals surface area contributed by atoms with E-state index in [1.807, 2.05) is 19.1 Å². The first kappa shape index (κ1) is 19.8. The van der Waals surface area contributed by atoms with Crippen molar-refractivity contribution in [1.82, 2.24) is 10.2 Å². The van der Waals surface area contributed by atoms with Crippen LogP contribution in [0.15, 0.2) is 18.2 Å². The number of unbranched alkanes of at least 4 members (excludes halogenated alkanes) is 1. The molecule has 0 radical (unpaired) electrons. The summed E-state index contributed by atoms with van der Waals surface area (Å²) >= 11 is 0. The van der Waals surface area contributed by atoms with Crippen LogP contribution in [0.1, 0.15) is 46.1 Å². The average molecular weight is 322 g/mol. The van der Waals surface area contributed by atoms with E-state index in [-0.39, 0.29) is 0 Å². The highest BCUT2D eigenvalue weighted by molar-refractivity contribution is 5.54. The number of benzene rings is 1. The van der Waals surface area contributed by atoms with Gasteiger partial charge in [0.25, 0.3) is 0 Å². The molecule has 0 bridgehead atoms. The van der Waals surface area contributed by atoms with Crippen molar-refractivity contribution >= 4 is 5.69 Å². The lowest BCUT2D eigenvalue weighted by molar-refractivity contribution is 0.295. The molecule has 0 saturated heterocycles. The summed E-state index contributed by atoms with van der Waals surface area (Å²) in [6.07, 6.45) is 3.48. The number of anilines is 1. The third kappa shape index (κ3) is 7.71. The Balaban J connectivity index is 2.26. The molecular weight excluding hydrogens is 286 g/mol. The molecule has 0 aliphatic rings. The highest BCUT2D eigenvalue weighted by atomic mass is 16.5. The van der Waals surface area contributed by atoms with E-state index in [4.69, 9.17) is 10.5 Å². The van der Waals surface area contributed by atoms with E-state index in [1.54, 1.807) is 0 Å². The standard InChI is InChI=1S/C19H35N3O/c1-5-22(6-2)13-9-8-12-21-16(4)14-17-10-11-19(23-7-3)18(20)15-17/h10-11,15-16,21H,5-9,12-14,20H2,1-4H3. The molecule has 1 aromatic rings. The van der Waals surface area contributed by atoms with Crippen LogP contribution in [0.5, 0.6) is 5.75 Å². The number of nitrogens with one attached hydrogen (secondary N) is 1. The van der Waals surface area contributed by atoms with Gasteiger partial charge in [-0.25, -0.2) is 0 Å². The number of rotatable bonds is 12. The molecule has 0 spiro atoms. The Morgan fingerprint density at radius 3 is 2.52 bits per heavy atom. The van der Waals surface area contributed by atoms with Gasteiger partial charge in [0.2, 0.25) is 0 Å². The van der Waals surface area contributed by atoms with Gasteiger partial charge in [-0.2, -0.15) is 0 Å². The fourth-order valence-corrected chi connectivity index (χ4v) is 2.79. The highest BCUT2D eigenvalue weighted by Gasteiger charge is 2.06. The Labute approximate surface area is 142 Å². The van der Waals surface area contributed by atoms with Gasteiger partial charge in [0.05, 0.1) is 12.3 Å². The van der Waals surface area contributed by atoms with E-state index in [9.17, 15) is 0 Å². The lowest BCUT2D eigenvalue weighted by Gasteiger charge is -2.18. The number of hydrogen-bond donors (Lipinski definition) is 2. The van der Waals surface area contributed by atoms with Crippen LogP contribution in [0, 0.1) is 0 Å². The summed E-state index contributed by atoms with van der Waals surface area (Å²) in [5.74, 6) is 0.785. The molecule has 0 heterocycles. The monoisotopic (exact) mass is 321 g/mol. The molecule has 0 aromatic heterocycles. The van der Waals surface area contributed by atoms with E-state index in [0.29, 0.717) is 12.6 Å². The zero-order chi connectivity index (χ0) is 17.1. The maximum atomic E-state index is 6.03. The van der Waals surface area contributed by atoms with Crippen molar-refractivity contribution in [2.24, 2.45) is 0 Å². The number of nitrogens with zero attached hydrogens (tertiary/aromatic N) is 1. The van der Waals surface area contributed by atoms with E-state index >= 15 is 0 Å². The van der Waals surface area contributed by atoms with Gasteiger partial charge < -0.3 is 20.7 Å². The van der Waals surface area contributed by atoms with Crippen LogP contribution in [-0.4, -0.2) is 43.7 Å². The molecule has 132 valence electrons. The van der Waals surface area contributed by atoms with Crippen molar-refractivity contribution in [3.05, 3.63) is 23.8 Å². The molecule has 0 amide bonds. The Hall–Kier alpha value is -1.26. The fourth-order valence-electron chi connectivity index (χ4n) is 2.79. The Morgan fingerprint density at radius 1 is 1.17 bits per heavy atom. The zero-order valence-corrected chi connectivity index (χ0v) is 15.4. The lowest BCUT2D eigenvalue weighted by Crippen LogP contribution is -2.30. The normalized spacial score (nSPS) is 12.6. The molecule has 1 aromatic carbocycles. The van der Waals surface area contributed by atoms with E-state index in [2.05, 4.69) is 37.1 Å². The van der Waals surface area contributed by atoms with Gasteiger partial charge >= 0.3 is 0 Å². The van der Waals surface area contributed by atoms with Crippen LogP contribution in [0.2, 0.25) is 0 Å². The van der Waals surface area contributed by atoms with Crippen LogP contribution in [0.4, 0.5) is 5.69 Å². The van der Waals surface area contributed by atoms with Gasteiger partial charge in [0, 0.05) is 6.04 Å². The van der Waals surface area contributed by atoms with Crippen molar-refractivity contribution in [3.8, 4) is 5.75 Å². The molecule has 4 heteroatoms. The van der Waals surface area contributed by atoms with Crippen LogP contribution in [0.3, 0.4) is 0 Å². The predicted octanol–water partition coefficient (Wildman–Crippen LogP) is 3.31. The fraction of sp³-hybridized carbons (Fsp3) is 0.684. The summed E-state index contributed by atoms with van der Waals surface area (Å²) < 4.78 is 5.48. The SMILES string of the molecule is CCOc1ccc(CC(C)NCCCCN(CC)CC)cc1N. The van der Waals surface area contributed by atoms with Gasteiger partial charge in [-0.3, -0.25) is 0 Å². The third-order valence-corrected chi connectivity index (χ3v) is 4.20. The van der Waals surface area contributed by atoms with Crippen LogP contribution >= 0.6 is 0 Å². The van der Waals surface area contributed by atoms with Crippen LogP contribution in [0.25, 0.3) is 0 Å². The van der Waals surface area contributed by atoms with Gasteiger partial charge in [-0.1, -0.05) is 19.9 Å². The summed E-state index contributed by atoms with van der Waals surface area (Å²) in [6.45, 7) is 13.9. The Bertz CT molecular complexity index is 433. The molecule has 1 rings (SSSR count). The largest absolute Gasteiger partial charge is 0.492 e. The first-order chi connectivity index (χ1) is 11.1. The highest BCUT2D eigenvalue weighted by Crippen LogP contribution is 2.23. The topological polar surface area (TPSA) is 50.5 Å². The minimum Gasteiger partial charge on any atom is -0.492 e. The smallest absolute Gasteiger partial charge is 0.142 e. The molecule has 0 aliphatic heterocycles. The van der Waals surface area contributed by atoms with Crippen LogP contribution in [-0.2, 0) is 6.42 Å². The number of nitrogen functional groups attached to an aromatic ring is 1. The van der Waals surface area contributed by atoms with Crippen molar-refractivity contribution in [3.63, 3.8) is 0 Å². The Morgan fingerprint density at radius 2 is 1.91 bits per heavy atom. The molecule has 3 N–H and O–H groups in total. The number of ether oxygens (including phenoxy) is 1. The number of hydrogen-bond acceptors (Lipinski definition) is 4. The summed E-state index contributed by atoms with van der Waals surface area (Å²) in [7, 11) is 0. The molecule has 23 heavy (non-hydrogen) atoms. The summed E-state index contributed by atoms with van der Waals surface area (Å²) in [5, 5.41) is 3.61. The maximum Gasteiger partial charge on any atom is 0.142 e. The predicted molar refractivity (Wildman–Crippen MR) is 100 cm³/mol. The van der Waals surface area contributed by atoms with Gasteiger partial charge in [0.15, 0.2) is 0 Å². The van der Waals surface area contributed by atoms with E-state index in [0.717, 1.165) is 37.5 Å². The van der Waals surface area contributed by atoms with Gasteiger partial charge in [0.1, 0.15) is 5.75 Å². The van der Waals surface area contributed by atoms with E-state index in [1.165, 1.54) is 24.9 Å². The first-order valence-electron chi connectivity index (χ1n) is 9.07. The second-order valence-electron chi connectivity index (χ2n) is 6.10. The van der Waals surface area contributed by atoms with Crippen molar-refractivity contribution in [1.29, 1.82) is 0 Å². The van der Waals surface area contributed by atoms with Crippen molar-refractivity contribution < 1.29 is 4.74 Å². The quantitative estimate of drug-likeness (QED) is 0.458. The molecule has 1 atom stereocenters. The first-order valence-corrected chi connectivity index (χ1v) is 9.07. The van der Waals surface area contributed by atoms with Crippen LogP contribution < -0.4 is 15.8 Å². The molecular formula is C19H35N3O. The zero-order valence-electron chi connectivity index (χ0n) is 15.4. The van der Waals surface area contributed by atoms with Crippen molar-refractivity contribution in [2.75, 3.05) is 38.5 Å². The second-order valence-corrected chi connectivity index (χ2v) is 6.10. The lowest BCUT2D eigenvalue weighted by atomic mass is 10.1. The summed E-state index contributed by atoms with van der Waals surface area (Å²) in [5.41, 5.74) is 8.02. The molecule has 4 nitrogen and oxygen atoms in total. The van der Waals surface area contributed by atoms with Gasteiger partial charge in [-0.15, -0.1) is 0 Å². The average Bonchev–Trinajstić information content (AvgIpc) is 2.53. The summed E-state index contributed by atoms with van der Waals surface area (Å²) in [6, 6.07) is 6.58. The molecule has 0 aliphatic carbocycles.